The van der Waals surface area contributed by atoms with Crippen LogP contribution >= 0.6 is 11.3 Å². The summed E-state index contributed by atoms with van der Waals surface area (Å²) in [6, 6.07) is 6.87. The maximum absolute atomic E-state index is 12.5. The molecule has 2 aliphatic rings. The van der Waals surface area contributed by atoms with Crippen LogP contribution in [-0.4, -0.2) is 51.1 Å². The Morgan fingerprint density at radius 2 is 2.00 bits per heavy atom. The Balaban J connectivity index is 1.27. The van der Waals surface area contributed by atoms with Crippen molar-refractivity contribution in [2.24, 2.45) is 0 Å². The second-order valence-corrected chi connectivity index (χ2v) is 8.57. The number of benzene rings is 1. The first-order valence-electron chi connectivity index (χ1n) is 9.55. The SMILES string of the molecule is C[C@H](c1ccc2scnc2c1)N1CCC2(CC1)CN(c1cncnc1)C(=O)N2. The first kappa shape index (κ1) is 17.5. The van der Waals surface area contributed by atoms with Gasteiger partial charge in [0, 0.05) is 19.1 Å². The summed E-state index contributed by atoms with van der Waals surface area (Å²) >= 11 is 1.68. The fourth-order valence-electron chi connectivity index (χ4n) is 4.32. The highest BCUT2D eigenvalue weighted by Crippen LogP contribution is 2.34. The minimum atomic E-state index is -0.165. The lowest BCUT2D eigenvalue weighted by atomic mass is 9.87. The second kappa shape index (κ2) is 6.79. The van der Waals surface area contributed by atoms with Crippen molar-refractivity contribution in [3.05, 3.63) is 48.0 Å². The minimum Gasteiger partial charge on any atom is -0.330 e. The number of nitrogens with zero attached hydrogens (tertiary/aromatic N) is 5. The van der Waals surface area contributed by atoms with Gasteiger partial charge in [-0.25, -0.2) is 19.7 Å². The van der Waals surface area contributed by atoms with E-state index in [2.05, 4.69) is 50.3 Å². The summed E-state index contributed by atoms with van der Waals surface area (Å²) < 4.78 is 1.23. The fraction of sp³-hybridized carbons (Fsp3) is 0.400. The molecule has 2 saturated heterocycles. The van der Waals surface area contributed by atoms with Crippen molar-refractivity contribution in [2.45, 2.75) is 31.3 Å². The third-order valence-corrected chi connectivity index (χ3v) is 6.89. The van der Waals surface area contributed by atoms with E-state index in [-0.39, 0.29) is 11.6 Å². The molecule has 2 amide bonds. The number of rotatable bonds is 3. The van der Waals surface area contributed by atoms with Crippen LogP contribution in [0.25, 0.3) is 10.2 Å². The molecule has 0 radical (unpaired) electrons. The molecule has 1 N–H and O–H groups in total. The van der Waals surface area contributed by atoms with Crippen molar-refractivity contribution in [1.29, 1.82) is 0 Å². The molecule has 1 aromatic carbocycles. The predicted octanol–water partition coefficient (Wildman–Crippen LogP) is 3.21. The summed E-state index contributed by atoms with van der Waals surface area (Å²) in [6.07, 6.45) is 6.74. The lowest BCUT2D eigenvalue weighted by Crippen LogP contribution is -2.52. The van der Waals surface area contributed by atoms with Gasteiger partial charge in [0.05, 0.1) is 45.9 Å². The van der Waals surface area contributed by atoms with Crippen molar-refractivity contribution in [3.8, 4) is 0 Å². The van der Waals surface area contributed by atoms with E-state index in [1.807, 2.05) is 5.51 Å². The minimum absolute atomic E-state index is 0.0507. The van der Waals surface area contributed by atoms with E-state index in [1.54, 1.807) is 28.6 Å². The fourth-order valence-corrected chi connectivity index (χ4v) is 4.97. The summed E-state index contributed by atoms with van der Waals surface area (Å²) in [5.41, 5.74) is 4.86. The normalized spacial score (nSPS) is 20.6. The zero-order valence-electron chi connectivity index (χ0n) is 15.7. The largest absolute Gasteiger partial charge is 0.330 e. The maximum atomic E-state index is 12.5. The van der Waals surface area contributed by atoms with E-state index in [9.17, 15) is 4.79 Å². The number of aromatic nitrogens is 3. The maximum Gasteiger partial charge on any atom is 0.322 e. The molecular formula is C20H22N6OS. The number of amides is 2. The molecule has 0 saturated carbocycles. The van der Waals surface area contributed by atoms with Gasteiger partial charge in [-0.15, -0.1) is 11.3 Å². The molecule has 7 nitrogen and oxygen atoms in total. The number of likely N-dealkylation sites (tertiary alicyclic amines) is 1. The van der Waals surface area contributed by atoms with Crippen LogP contribution in [0.4, 0.5) is 10.5 Å². The van der Waals surface area contributed by atoms with Crippen molar-refractivity contribution >= 4 is 33.3 Å². The van der Waals surface area contributed by atoms with Crippen LogP contribution in [0.1, 0.15) is 31.4 Å². The molecule has 4 heterocycles. The van der Waals surface area contributed by atoms with Crippen LogP contribution in [0.2, 0.25) is 0 Å². The van der Waals surface area contributed by atoms with Crippen molar-refractivity contribution in [1.82, 2.24) is 25.2 Å². The molecule has 8 heteroatoms. The molecule has 2 aromatic heterocycles. The van der Waals surface area contributed by atoms with Crippen LogP contribution in [-0.2, 0) is 0 Å². The molecule has 0 bridgehead atoms. The Hall–Kier alpha value is -2.58. The number of carbonyl (C=O) groups excluding carboxylic acids is 1. The molecule has 28 heavy (non-hydrogen) atoms. The third kappa shape index (κ3) is 3.02. The first-order chi connectivity index (χ1) is 13.6. The molecule has 0 aliphatic carbocycles. The molecule has 1 atom stereocenters. The van der Waals surface area contributed by atoms with Crippen LogP contribution in [0.3, 0.4) is 0 Å². The van der Waals surface area contributed by atoms with Crippen LogP contribution in [0, 0.1) is 0 Å². The Morgan fingerprint density at radius 3 is 2.79 bits per heavy atom. The number of nitrogens with one attached hydrogen (secondary N) is 1. The quantitative estimate of drug-likeness (QED) is 0.738. The number of hydrogen-bond acceptors (Lipinski definition) is 6. The van der Waals surface area contributed by atoms with Gasteiger partial charge in [-0.2, -0.15) is 0 Å². The molecule has 2 aliphatic heterocycles. The Kier molecular flexibility index (Phi) is 4.25. The molecule has 2 fully saturated rings. The number of carbonyl (C=O) groups is 1. The highest BCUT2D eigenvalue weighted by molar-refractivity contribution is 7.16. The number of thiazole rings is 1. The highest BCUT2D eigenvalue weighted by atomic mass is 32.1. The molecule has 3 aromatic rings. The van der Waals surface area contributed by atoms with E-state index in [0.29, 0.717) is 12.6 Å². The Labute approximate surface area is 167 Å². The first-order valence-corrected chi connectivity index (χ1v) is 10.4. The van der Waals surface area contributed by atoms with Gasteiger partial charge in [0.15, 0.2) is 0 Å². The van der Waals surface area contributed by atoms with Crippen molar-refractivity contribution in [3.63, 3.8) is 0 Å². The van der Waals surface area contributed by atoms with Crippen LogP contribution < -0.4 is 10.2 Å². The van der Waals surface area contributed by atoms with Crippen molar-refractivity contribution in [2.75, 3.05) is 24.5 Å². The zero-order valence-corrected chi connectivity index (χ0v) is 16.5. The molecule has 5 rings (SSSR count). The lowest BCUT2D eigenvalue weighted by Gasteiger charge is -2.41. The standard InChI is InChI=1S/C20H22N6OS/c1-14(15-2-3-18-17(8-15)23-13-28-18)25-6-4-20(5-7-25)11-26(19(27)24-20)16-9-21-12-22-10-16/h2-3,8-10,12-14H,4-7,11H2,1H3,(H,24,27)/t14-/m1/s1. The molecular weight excluding hydrogens is 372 g/mol. The summed E-state index contributed by atoms with van der Waals surface area (Å²) in [4.78, 5) is 29.3. The summed E-state index contributed by atoms with van der Waals surface area (Å²) in [5, 5.41) is 3.23. The Bertz CT molecular complexity index is 998. The highest BCUT2D eigenvalue weighted by Gasteiger charge is 2.45. The summed E-state index contributed by atoms with van der Waals surface area (Å²) in [5.74, 6) is 0. The van der Waals surface area contributed by atoms with E-state index in [0.717, 1.165) is 37.1 Å². The average Bonchev–Trinajstić information content (AvgIpc) is 3.32. The van der Waals surface area contributed by atoms with Gasteiger partial charge in [0.1, 0.15) is 6.33 Å². The van der Waals surface area contributed by atoms with E-state index < -0.39 is 0 Å². The van der Waals surface area contributed by atoms with Gasteiger partial charge in [-0.05, 0) is 37.5 Å². The Morgan fingerprint density at radius 1 is 1.21 bits per heavy atom. The molecule has 1 spiro atoms. The van der Waals surface area contributed by atoms with Gasteiger partial charge < -0.3 is 5.32 Å². The number of piperidine rings is 1. The van der Waals surface area contributed by atoms with Gasteiger partial charge in [-0.3, -0.25) is 9.80 Å². The van der Waals surface area contributed by atoms with E-state index in [1.165, 1.54) is 16.6 Å². The third-order valence-electron chi connectivity index (χ3n) is 6.08. The van der Waals surface area contributed by atoms with Crippen LogP contribution in [0.15, 0.2) is 42.4 Å². The van der Waals surface area contributed by atoms with E-state index >= 15 is 0 Å². The number of hydrogen-bond donors (Lipinski definition) is 1. The van der Waals surface area contributed by atoms with E-state index in [4.69, 9.17) is 0 Å². The second-order valence-electron chi connectivity index (χ2n) is 7.68. The predicted molar refractivity (Wildman–Crippen MR) is 109 cm³/mol. The smallest absolute Gasteiger partial charge is 0.322 e. The summed E-state index contributed by atoms with van der Waals surface area (Å²) in [6.45, 7) is 4.84. The number of anilines is 1. The van der Waals surface area contributed by atoms with Gasteiger partial charge >= 0.3 is 6.03 Å². The zero-order chi connectivity index (χ0) is 19.1. The van der Waals surface area contributed by atoms with Gasteiger partial charge in [0.2, 0.25) is 0 Å². The van der Waals surface area contributed by atoms with Crippen molar-refractivity contribution < 1.29 is 4.79 Å². The van der Waals surface area contributed by atoms with Gasteiger partial charge in [-0.1, -0.05) is 6.07 Å². The van der Waals surface area contributed by atoms with Crippen LogP contribution in [0.5, 0.6) is 0 Å². The number of urea groups is 1. The number of fused-ring (bicyclic) bond motifs is 1. The molecule has 144 valence electrons. The summed E-state index contributed by atoms with van der Waals surface area (Å²) in [7, 11) is 0. The average molecular weight is 395 g/mol. The molecule has 0 unspecified atom stereocenters. The monoisotopic (exact) mass is 394 g/mol. The lowest BCUT2D eigenvalue weighted by molar-refractivity contribution is 0.121. The van der Waals surface area contributed by atoms with Gasteiger partial charge in [0.25, 0.3) is 0 Å². The topological polar surface area (TPSA) is 74.2 Å².